The smallest absolute Gasteiger partial charge is 0.423 e. The minimum atomic E-state index is -1.41. The summed E-state index contributed by atoms with van der Waals surface area (Å²) in [5.74, 6) is 0. The maximum absolute atomic E-state index is 9.31. The molecule has 17 aromatic rings. The molecule has 14 aromatic carbocycles. The summed E-state index contributed by atoms with van der Waals surface area (Å²) in [6.07, 6.45) is 0. The van der Waals surface area contributed by atoms with Gasteiger partial charge in [-0.05, 0) is 171 Å². The van der Waals surface area contributed by atoms with Crippen LogP contribution in [0.5, 0.6) is 0 Å². The van der Waals surface area contributed by atoms with Crippen LogP contribution >= 0.6 is 65.9 Å². The maximum Gasteiger partial charge on any atom is 0.489 e. The molecular formula is C84H57BBr2N2O2S3. The summed E-state index contributed by atoms with van der Waals surface area (Å²) >= 11 is 12.4. The van der Waals surface area contributed by atoms with Crippen LogP contribution in [-0.4, -0.2) is 17.2 Å². The molecule has 10 heteroatoms. The van der Waals surface area contributed by atoms with E-state index in [2.05, 4.69) is 333 Å². The number of hydrogen-bond donors (Lipinski definition) is 2. The Morgan fingerprint density at radius 1 is 0.234 bits per heavy atom. The van der Waals surface area contributed by atoms with E-state index in [9.17, 15) is 10.0 Å². The van der Waals surface area contributed by atoms with Crippen LogP contribution in [-0.2, 0) is 0 Å². The molecule has 0 atom stereocenters. The van der Waals surface area contributed by atoms with Gasteiger partial charge in [0.15, 0.2) is 0 Å². The monoisotopic (exact) mass is 1390 g/mol. The third-order valence-electron chi connectivity index (χ3n) is 17.0. The normalized spacial score (nSPS) is 11.2. The lowest BCUT2D eigenvalue weighted by Crippen LogP contribution is -2.29. The minimum Gasteiger partial charge on any atom is -0.423 e. The van der Waals surface area contributed by atoms with Gasteiger partial charge in [-0.3, -0.25) is 0 Å². The summed E-state index contributed by atoms with van der Waals surface area (Å²) in [6.45, 7) is 0. The van der Waals surface area contributed by atoms with E-state index < -0.39 is 7.12 Å². The molecule has 4 nitrogen and oxygen atoms in total. The van der Waals surface area contributed by atoms with E-state index in [1.807, 2.05) is 59.1 Å². The molecule has 3 aromatic heterocycles. The van der Waals surface area contributed by atoms with E-state index >= 15 is 0 Å². The van der Waals surface area contributed by atoms with Gasteiger partial charge in [0.1, 0.15) is 0 Å². The molecule has 0 unspecified atom stereocenters. The third-order valence-corrected chi connectivity index (χ3v) is 21.8. The number of hydrogen-bond acceptors (Lipinski definition) is 7. The average Bonchev–Trinajstić information content (AvgIpc) is 1.66. The molecule has 2 N–H and O–H groups in total. The van der Waals surface area contributed by atoms with E-state index in [1.54, 1.807) is 17.4 Å². The molecule has 0 saturated heterocycles. The lowest BCUT2D eigenvalue weighted by atomic mass is 9.80. The largest absolute Gasteiger partial charge is 0.489 e. The molecule has 450 valence electrons. The van der Waals surface area contributed by atoms with Gasteiger partial charge in [-0.15, -0.1) is 34.0 Å². The topological polar surface area (TPSA) is 46.9 Å². The van der Waals surface area contributed by atoms with Crippen molar-refractivity contribution >= 4 is 173 Å². The fourth-order valence-electron chi connectivity index (χ4n) is 12.4. The Balaban J connectivity index is 0.000000140. The summed E-state index contributed by atoms with van der Waals surface area (Å²) in [5.41, 5.74) is 17.2. The second kappa shape index (κ2) is 27.1. The summed E-state index contributed by atoms with van der Waals surface area (Å²) < 4.78 is 9.60. The molecule has 0 bridgehead atoms. The highest BCUT2D eigenvalue weighted by Crippen LogP contribution is 2.45. The molecule has 17 rings (SSSR count). The zero-order valence-electron chi connectivity index (χ0n) is 50.6. The predicted octanol–water partition coefficient (Wildman–Crippen LogP) is 25.0. The van der Waals surface area contributed by atoms with Gasteiger partial charge in [0, 0.05) is 98.2 Å². The zero-order chi connectivity index (χ0) is 63.5. The summed E-state index contributed by atoms with van der Waals surface area (Å²) in [5, 5.41) is 26.2. The van der Waals surface area contributed by atoms with Crippen molar-refractivity contribution < 1.29 is 10.0 Å². The molecule has 0 aliphatic carbocycles. The van der Waals surface area contributed by atoms with Crippen molar-refractivity contribution in [1.29, 1.82) is 0 Å². The number of nitrogens with zero attached hydrogens (tertiary/aromatic N) is 2. The van der Waals surface area contributed by atoms with Gasteiger partial charge in [0.2, 0.25) is 0 Å². The highest BCUT2D eigenvalue weighted by molar-refractivity contribution is 9.10. The first-order chi connectivity index (χ1) is 46.3. The van der Waals surface area contributed by atoms with E-state index in [1.165, 1.54) is 94.9 Å². The highest BCUT2D eigenvalue weighted by Gasteiger charge is 2.20. The molecule has 3 heterocycles. The van der Waals surface area contributed by atoms with Gasteiger partial charge in [-0.1, -0.05) is 250 Å². The Kier molecular flexibility index (Phi) is 17.4. The highest BCUT2D eigenvalue weighted by atomic mass is 79.9. The molecule has 0 saturated carbocycles. The van der Waals surface area contributed by atoms with Gasteiger partial charge < -0.3 is 19.8 Å². The van der Waals surface area contributed by atoms with Crippen LogP contribution in [0.25, 0.3) is 105 Å². The Bertz CT molecular complexity index is 5270. The van der Waals surface area contributed by atoms with Crippen LogP contribution in [0.4, 0.5) is 34.1 Å². The Morgan fingerprint density at radius 3 is 0.851 bits per heavy atom. The summed E-state index contributed by atoms with van der Waals surface area (Å²) in [7, 11) is -1.41. The van der Waals surface area contributed by atoms with Gasteiger partial charge in [0.25, 0.3) is 0 Å². The SMILES string of the molecule is Brc1ccc(N(c2ccc(Br)cc2)c2ccc(-c3ccccc3)cc2)cc1.OB(O)c1cccc2c1sc1ccccc12.c1ccc(-c2ccc(N(c3ccc(-c4cccc5c4sc4ccccc45)cc3)c3ccc(-c4cccc5c4sc4ccccc45)cc3)cc2)cc1. The number of halogens is 2. The Labute approximate surface area is 575 Å². The van der Waals surface area contributed by atoms with E-state index in [0.29, 0.717) is 5.46 Å². The standard InChI is InChI=1S/C48H31NS2.C24H17Br2N.C12H9BO2S/c1-2-10-32(11-3-1)33-20-26-36(27-21-33)49(37-28-22-34(23-29-37)39-14-8-16-43-41-12-4-6-18-45(41)50-47(39)43)38-30-24-35(25-31-38)40-15-9-17-44-42-13-5-7-19-46(42)51-48(40)44;25-20-8-14-23(15-9-20)27(24-16-10-21(26)11-17-24)22-12-6-19(7-13-22)18-4-2-1-3-5-18;14-13(15)10-6-3-5-9-8-4-1-2-7-11(8)16-12(9)10/h1-31H;1-17H;1-7,14-15H. The van der Waals surface area contributed by atoms with Gasteiger partial charge in [-0.25, -0.2) is 0 Å². The van der Waals surface area contributed by atoms with Crippen LogP contribution in [0.2, 0.25) is 0 Å². The van der Waals surface area contributed by atoms with E-state index in [-0.39, 0.29) is 0 Å². The van der Waals surface area contributed by atoms with Crippen molar-refractivity contribution in [3.63, 3.8) is 0 Å². The van der Waals surface area contributed by atoms with Crippen molar-refractivity contribution in [2.45, 2.75) is 0 Å². The van der Waals surface area contributed by atoms with Crippen LogP contribution in [0.1, 0.15) is 0 Å². The Morgan fingerprint density at radius 2 is 0.500 bits per heavy atom. The van der Waals surface area contributed by atoms with Crippen molar-refractivity contribution in [2.24, 2.45) is 0 Å². The fourth-order valence-corrected chi connectivity index (χ4v) is 16.7. The molecular weight excluding hydrogens is 1340 g/mol. The number of fused-ring (bicyclic) bond motifs is 9. The second-order valence-electron chi connectivity index (χ2n) is 22.8. The summed E-state index contributed by atoms with van der Waals surface area (Å²) in [6, 6.07) is 118. The first kappa shape index (κ1) is 60.5. The number of anilines is 6. The van der Waals surface area contributed by atoms with E-state index in [4.69, 9.17) is 0 Å². The second-order valence-corrected chi connectivity index (χ2v) is 27.8. The number of thiophene rings is 3. The number of benzene rings is 14. The van der Waals surface area contributed by atoms with Gasteiger partial charge in [-0.2, -0.15) is 0 Å². The third kappa shape index (κ3) is 12.4. The Hall–Kier alpha value is -9.72. The van der Waals surface area contributed by atoms with E-state index in [0.717, 1.165) is 53.2 Å². The van der Waals surface area contributed by atoms with Gasteiger partial charge >= 0.3 is 7.12 Å². The van der Waals surface area contributed by atoms with Crippen molar-refractivity contribution in [3.8, 4) is 44.5 Å². The lowest BCUT2D eigenvalue weighted by molar-refractivity contribution is 0.426. The molecule has 0 spiro atoms. The first-order valence-electron chi connectivity index (χ1n) is 31.0. The molecule has 0 amide bonds. The maximum atomic E-state index is 9.31. The van der Waals surface area contributed by atoms with Crippen LogP contribution in [0.3, 0.4) is 0 Å². The predicted molar refractivity (Wildman–Crippen MR) is 414 cm³/mol. The van der Waals surface area contributed by atoms with Crippen molar-refractivity contribution in [2.75, 3.05) is 9.80 Å². The average molecular weight is 1390 g/mol. The quantitative estimate of drug-likeness (QED) is 0.127. The number of rotatable bonds is 11. The molecule has 94 heavy (non-hydrogen) atoms. The van der Waals surface area contributed by atoms with Crippen LogP contribution in [0, 0.1) is 0 Å². The van der Waals surface area contributed by atoms with Crippen LogP contribution in [0.15, 0.2) is 343 Å². The minimum absolute atomic E-state index is 0.582. The van der Waals surface area contributed by atoms with Gasteiger partial charge in [0.05, 0.1) is 0 Å². The molecule has 0 radical (unpaired) electrons. The first-order valence-corrected chi connectivity index (χ1v) is 35.0. The van der Waals surface area contributed by atoms with Crippen LogP contribution < -0.4 is 15.3 Å². The zero-order valence-corrected chi connectivity index (χ0v) is 56.2. The summed E-state index contributed by atoms with van der Waals surface area (Å²) in [4.78, 5) is 4.62. The lowest BCUT2D eigenvalue weighted by Gasteiger charge is -2.26. The van der Waals surface area contributed by atoms with Crippen molar-refractivity contribution in [3.05, 3.63) is 343 Å². The molecule has 0 aliphatic heterocycles. The van der Waals surface area contributed by atoms with Crippen molar-refractivity contribution in [1.82, 2.24) is 0 Å². The fraction of sp³-hybridized carbons (Fsp3) is 0. The molecule has 0 fully saturated rings. The molecule has 0 aliphatic rings.